The summed E-state index contributed by atoms with van der Waals surface area (Å²) < 4.78 is 5.53. The number of aromatic amines is 1. The fraction of sp³-hybridized carbons (Fsp3) is 0.458. The number of aryl methyl sites for hydroxylation is 1. The van der Waals surface area contributed by atoms with Crippen LogP contribution in [0.4, 0.5) is 5.69 Å². The lowest BCUT2D eigenvalue weighted by Gasteiger charge is -2.39. The minimum absolute atomic E-state index is 0.0130. The summed E-state index contributed by atoms with van der Waals surface area (Å²) >= 11 is 0. The number of nitrogens with one attached hydrogen (secondary N) is 3. The second-order valence-corrected chi connectivity index (χ2v) is 8.42. The summed E-state index contributed by atoms with van der Waals surface area (Å²) in [5.74, 6) is 0.200. The molecule has 1 aromatic heterocycles. The largest absolute Gasteiger partial charge is 0.377 e. The maximum Gasteiger partial charge on any atom is 0.259 e. The van der Waals surface area contributed by atoms with Crippen molar-refractivity contribution in [3.63, 3.8) is 0 Å². The van der Waals surface area contributed by atoms with Crippen LogP contribution in [0, 0.1) is 12.3 Å². The zero-order chi connectivity index (χ0) is 22.7. The summed E-state index contributed by atoms with van der Waals surface area (Å²) in [6.07, 6.45) is 2.50. The molecule has 1 amide bonds. The minimum atomic E-state index is -0.283. The molecule has 0 saturated carbocycles. The van der Waals surface area contributed by atoms with Crippen LogP contribution in [0.5, 0.6) is 0 Å². The zero-order valence-electron chi connectivity index (χ0n) is 18.9. The van der Waals surface area contributed by atoms with Gasteiger partial charge in [-0.05, 0) is 68.5 Å². The van der Waals surface area contributed by atoms with Gasteiger partial charge in [0.25, 0.3) is 11.5 Å². The third-order valence-electron chi connectivity index (χ3n) is 6.01. The van der Waals surface area contributed by atoms with E-state index in [0.717, 1.165) is 17.5 Å². The Morgan fingerprint density at radius 2 is 1.97 bits per heavy atom. The van der Waals surface area contributed by atoms with Crippen LogP contribution < -0.4 is 10.9 Å². The van der Waals surface area contributed by atoms with Crippen LogP contribution >= 0.6 is 0 Å². The van der Waals surface area contributed by atoms with Gasteiger partial charge in [0, 0.05) is 17.4 Å². The van der Waals surface area contributed by atoms with Crippen molar-refractivity contribution in [3.05, 3.63) is 63.1 Å². The van der Waals surface area contributed by atoms with Crippen LogP contribution in [-0.4, -0.2) is 46.9 Å². The van der Waals surface area contributed by atoms with E-state index in [-0.39, 0.29) is 35.3 Å². The molecule has 1 aromatic carbocycles. The Balaban J connectivity index is 1.84. The first-order valence-electron chi connectivity index (χ1n) is 10.8. The van der Waals surface area contributed by atoms with Crippen molar-refractivity contribution < 1.29 is 9.53 Å². The molecule has 3 N–H and O–H groups in total. The van der Waals surface area contributed by atoms with E-state index in [1.165, 1.54) is 0 Å². The average Bonchev–Trinajstić information content (AvgIpc) is 2.72. The number of aromatic nitrogens is 1. The summed E-state index contributed by atoms with van der Waals surface area (Å²) in [5.41, 5.74) is 3.04. The molecular weight excluding hydrogens is 392 g/mol. The highest BCUT2D eigenvalue weighted by atomic mass is 16.5. The molecule has 3 atom stereocenters. The summed E-state index contributed by atoms with van der Waals surface area (Å²) in [5, 5.41) is 11.6. The predicted molar refractivity (Wildman–Crippen MR) is 123 cm³/mol. The molecule has 1 aliphatic heterocycles. The van der Waals surface area contributed by atoms with Gasteiger partial charge < -0.3 is 19.9 Å². The fourth-order valence-corrected chi connectivity index (χ4v) is 4.11. The van der Waals surface area contributed by atoms with E-state index >= 15 is 0 Å². The number of benzene rings is 1. The van der Waals surface area contributed by atoms with Crippen molar-refractivity contribution >= 4 is 17.4 Å². The Labute approximate surface area is 183 Å². The van der Waals surface area contributed by atoms with Gasteiger partial charge in [-0.15, -0.1) is 0 Å². The van der Waals surface area contributed by atoms with Crippen LogP contribution in [-0.2, 0) is 4.74 Å². The average molecular weight is 425 g/mol. The number of pyridine rings is 1. The van der Waals surface area contributed by atoms with Gasteiger partial charge in [-0.2, -0.15) is 0 Å². The van der Waals surface area contributed by atoms with Crippen LogP contribution in [0.3, 0.4) is 0 Å². The van der Waals surface area contributed by atoms with Gasteiger partial charge in [-0.3, -0.25) is 15.0 Å². The molecule has 1 fully saturated rings. The van der Waals surface area contributed by atoms with Crippen molar-refractivity contribution in [1.82, 2.24) is 9.88 Å². The predicted octanol–water partition coefficient (Wildman–Crippen LogP) is 3.88. The molecule has 0 radical (unpaired) electrons. The van der Waals surface area contributed by atoms with Crippen molar-refractivity contribution in [2.75, 3.05) is 18.5 Å². The molecule has 3 unspecified atom stereocenters. The smallest absolute Gasteiger partial charge is 0.259 e. The number of rotatable bonds is 5. The molecule has 31 heavy (non-hydrogen) atoms. The maximum atomic E-state index is 13.2. The van der Waals surface area contributed by atoms with Crippen molar-refractivity contribution in [2.45, 2.75) is 59.0 Å². The Morgan fingerprint density at radius 3 is 2.58 bits per heavy atom. The normalized spacial score (nSPS) is 19.7. The van der Waals surface area contributed by atoms with Gasteiger partial charge in [0.1, 0.15) is 5.84 Å². The molecular formula is C24H32N4O3. The molecule has 166 valence electrons. The number of morpholine rings is 1. The Bertz CT molecular complexity index is 1020. The van der Waals surface area contributed by atoms with E-state index in [1.54, 1.807) is 18.3 Å². The highest BCUT2D eigenvalue weighted by Gasteiger charge is 2.31. The number of ether oxygens (including phenoxy) is 1. The van der Waals surface area contributed by atoms with E-state index < -0.39 is 0 Å². The van der Waals surface area contributed by atoms with Crippen LogP contribution in [0.1, 0.15) is 67.1 Å². The van der Waals surface area contributed by atoms with E-state index in [1.807, 2.05) is 44.7 Å². The second kappa shape index (κ2) is 9.47. The Morgan fingerprint density at radius 1 is 1.29 bits per heavy atom. The zero-order valence-corrected chi connectivity index (χ0v) is 18.9. The van der Waals surface area contributed by atoms with Gasteiger partial charge in [-0.1, -0.05) is 13.8 Å². The Kier molecular flexibility index (Phi) is 6.95. The molecule has 1 aliphatic rings. The summed E-state index contributed by atoms with van der Waals surface area (Å²) in [7, 11) is 0. The number of carbonyl (C=O) groups is 1. The number of hydrogen-bond acceptors (Lipinski definition) is 4. The third kappa shape index (κ3) is 4.71. The summed E-state index contributed by atoms with van der Waals surface area (Å²) in [6.45, 7) is 11.0. The molecule has 2 heterocycles. The number of hydrogen-bond donors (Lipinski definition) is 3. The van der Waals surface area contributed by atoms with Gasteiger partial charge in [0.15, 0.2) is 0 Å². The van der Waals surface area contributed by atoms with Gasteiger partial charge in [-0.25, -0.2) is 0 Å². The van der Waals surface area contributed by atoms with Gasteiger partial charge in [0.05, 0.1) is 30.9 Å². The van der Waals surface area contributed by atoms with E-state index in [9.17, 15) is 9.59 Å². The standard InChI is InChI=1S/C24H32N4O3/c1-6-14(2)19-9-10-26-23(29)21(19)22(25)27-18-7-8-20(15(3)11-18)24(30)28-16(4)12-31-13-17(28)5/h7-11,14,16-17H,6,12-13H2,1-5H3,(H2,25,27)(H,26,29). The molecule has 1 saturated heterocycles. The highest BCUT2D eigenvalue weighted by Crippen LogP contribution is 2.24. The van der Waals surface area contributed by atoms with Crippen LogP contribution in [0.25, 0.3) is 0 Å². The molecule has 2 aromatic rings. The topological polar surface area (TPSA) is 98.3 Å². The number of anilines is 1. The number of H-pyrrole nitrogens is 1. The first-order valence-corrected chi connectivity index (χ1v) is 10.8. The van der Waals surface area contributed by atoms with Gasteiger partial charge >= 0.3 is 0 Å². The number of amides is 1. The summed E-state index contributed by atoms with van der Waals surface area (Å²) in [6, 6.07) is 7.31. The van der Waals surface area contributed by atoms with Crippen molar-refractivity contribution in [1.29, 1.82) is 5.41 Å². The van der Waals surface area contributed by atoms with Crippen molar-refractivity contribution in [2.24, 2.45) is 0 Å². The van der Waals surface area contributed by atoms with E-state index in [4.69, 9.17) is 10.1 Å². The molecule has 0 aliphatic carbocycles. The quantitative estimate of drug-likeness (QED) is 0.501. The molecule has 0 spiro atoms. The first-order chi connectivity index (χ1) is 14.7. The van der Waals surface area contributed by atoms with Gasteiger partial charge in [0.2, 0.25) is 0 Å². The van der Waals surface area contributed by atoms with E-state index in [0.29, 0.717) is 30.0 Å². The lowest BCUT2D eigenvalue weighted by atomic mass is 9.94. The molecule has 7 heteroatoms. The van der Waals surface area contributed by atoms with Crippen molar-refractivity contribution in [3.8, 4) is 0 Å². The number of amidine groups is 1. The fourth-order valence-electron chi connectivity index (χ4n) is 4.11. The van der Waals surface area contributed by atoms with Crippen LogP contribution in [0.2, 0.25) is 0 Å². The SMILES string of the molecule is CCC(C)c1cc[nH]c(=O)c1C(=N)Nc1ccc(C(=O)N2C(C)COCC2C)c(C)c1. The summed E-state index contributed by atoms with van der Waals surface area (Å²) in [4.78, 5) is 30.1. The monoisotopic (exact) mass is 424 g/mol. The second-order valence-electron chi connectivity index (χ2n) is 8.42. The minimum Gasteiger partial charge on any atom is -0.377 e. The Hall–Kier alpha value is -2.93. The lowest BCUT2D eigenvalue weighted by Crippen LogP contribution is -2.52. The highest BCUT2D eigenvalue weighted by molar-refractivity contribution is 6.07. The van der Waals surface area contributed by atoms with E-state index in [2.05, 4.69) is 17.2 Å². The lowest BCUT2D eigenvalue weighted by molar-refractivity contribution is -0.0249. The molecule has 3 rings (SSSR count). The van der Waals surface area contributed by atoms with Crippen LogP contribution in [0.15, 0.2) is 35.3 Å². The number of nitrogens with zero attached hydrogens (tertiary/aromatic N) is 1. The number of carbonyl (C=O) groups excluding carboxylic acids is 1. The molecule has 0 bridgehead atoms. The maximum absolute atomic E-state index is 13.2. The first kappa shape index (κ1) is 22.7. The third-order valence-corrected chi connectivity index (χ3v) is 6.01. The molecule has 7 nitrogen and oxygen atoms in total.